The monoisotopic (exact) mass is 319 g/mol. The van der Waals surface area contributed by atoms with Gasteiger partial charge in [-0.05, 0) is 23.8 Å². The van der Waals surface area contributed by atoms with E-state index in [1.807, 2.05) is 0 Å². The molecular weight excluding hydrogens is 314 g/mol. The molecule has 0 aliphatic rings. The predicted molar refractivity (Wildman–Crippen MR) is 58.4 cm³/mol. The van der Waals surface area contributed by atoms with Gasteiger partial charge < -0.3 is 10.2 Å². The SMILES string of the molecule is N#CC(O)C(O)c1cc(Br)ccc1Br. The van der Waals surface area contributed by atoms with Gasteiger partial charge in [0.15, 0.2) is 6.10 Å². The fourth-order valence-corrected chi connectivity index (χ4v) is 1.84. The Hall–Kier alpha value is -0.410. The fourth-order valence-electron chi connectivity index (χ4n) is 0.982. The highest BCUT2D eigenvalue weighted by molar-refractivity contribution is 9.11. The molecule has 0 bridgehead atoms. The Kier molecular flexibility index (Phi) is 4.08. The molecule has 0 heterocycles. The summed E-state index contributed by atoms with van der Waals surface area (Å²) in [5, 5.41) is 27.2. The second kappa shape index (κ2) is 4.89. The van der Waals surface area contributed by atoms with Crippen LogP contribution in [0, 0.1) is 11.3 Å². The molecule has 74 valence electrons. The van der Waals surface area contributed by atoms with Crippen molar-refractivity contribution in [2.75, 3.05) is 0 Å². The van der Waals surface area contributed by atoms with Gasteiger partial charge in [-0.3, -0.25) is 0 Å². The van der Waals surface area contributed by atoms with Gasteiger partial charge in [-0.1, -0.05) is 31.9 Å². The van der Waals surface area contributed by atoms with Crippen LogP contribution in [0.3, 0.4) is 0 Å². The summed E-state index contributed by atoms with van der Waals surface area (Å²) in [6.45, 7) is 0. The molecular formula is C9H7Br2NO2. The highest BCUT2D eigenvalue weighted by Crippen LogP contribution is 2.28. The second-order valence-electron chi connectivity index (χ2n) is 2.68. The molecule has 5 heteroatoms. The number of nitrogens with zero attached hydrogens (tertiary/aromatic N) is 1. The maximum Gasteiger partial charge on any atom is 0.170 e. The first-order chi connectivity index (χ1) is 6.56. The Morgan fingerprint density at radius 3 is 2.50 bits per heavy atom. The lowest BCUT2D eigenvalue weighted by Crippen LogP contribution is -2.16. The third-order valence-electron chi connectivity index (χ3n) is 1.71. The molecule has 1 aromatic rings. The van der Waals surface area contributed by atoms with Gasteiger partial charge in [-0.2, -0.15) is 5.26 Å². The molecule has 0 saturated carbocycles. The van der Waals surface area contributed by atoms with Crippen molar-refractivity contribution < 1.29 is 10.2 Å². The highest BCUT2D eigenvalue weighted by Gasteiger charge is 2.20. The van der Waals surface area contributed by atoms with E-state index < -0.39 is 12.2 Å². The number of hydrogen-bond acceptors (Lipinski definition) is 3. The van der Waals surface area contributed by atoms with Crippen molar-refractivity contribution >= 4 is 31.9 Å². The number of aliphatic hydroxyl groups is 2. The van der Waals surface area contributed by atoms with E-state index in [9.17, 15) is 5.11 Å². The van der Waals surface area contributed by atoms with Gasteiger partial charge >= 0.3 is 0 Å². The minimum absolute atomic E-state index is 0.480. The summed E-state index contributed by atoms with van der Waals surface area (Å²) in [6.07, 6.45) is -2.62. The lowest BCUT2D eigenvalue weighted by molar-refractivity contribution is 0.0523. The first kappa shape index (κ1) is 11.7. The molecule has 0 saturated heterocycles. The number of nitriles is 1. The zero-order chi connectivity index (χ0) is 10.7. The van der Waals surface area contributed by atoms with Crippen LogP contribution in [-0.4, -0.2) is 16.3 Å². The standard InChI is InChI=1S/C9H7Br2NO2/c10-5-1-2-7(11)6(3-5)9(14)8(13)4-12/h1-3,8-9,13-14H. The first-order valence-electron chi connectivity index (χ1n) is 3.77. The zero-order valence-corrected chi connectivity index (χ0v) is 10.2. The van der Waals surface area contributed by atoms with Gasteiger partial charge in [-0.25, -0.2) is 0 Å². The van der Waals surface area contributed by atoms with Gasteiger partial charge in [0.1, 0.15) is 6.10 Å². The summed E-state index contributed by atoms with van der Waals surface area (Å²) in [5.41, 5.74) is 0.480. The molecule has 14 heavy (non-hydrogen) atoms. The van der Waals surface area contributed by atoms with Gasteiger partial charge in [0, 0.05) is 8.95 Å². The van der Waals surface area contributed by atoms with Crippen molar-refractivity contribution in [2.24, 2.45) is 0 Å². The third-order valence-corrected chi connectivity index (χ3v) is 2.92. The number of halogens is 2. The third kappa shape index (κ3) is 2.55. The van der Waals surface area contributed by atoms with Crippen LogP contribution < -0.4 is 0 Å². The fraction of sp³-hybridized carbons (Fsp3) is 0.222. The summed E-state index contributed by atoms with van der Waals surface area (Å²) in [4.78, 5) is 0. The Morgan fingerprint density at radius 2 is 1.93 bits per heavy atom. The van der Waals surface area contributed by atoms with Crippen LogP contribution in [0.5, 0.6) is 0 Å². The predicted octanol–water partition coefficient (Wildman–Crippen LogP) is 2.13. The molecule has 2 N–H and O–H groups in total. The maximum absolute atomic E-state index is 9.57. The van der Waals surface area contributed by atoms with E-state index >= 15 is 0 Å². The van der Waals surface area contributed by atoms with Crippen molar-refractivity contribution in [3.05, 3.63) is 32.7 Å². The van der Waals surface area contributed by atoms with Gasteiger partial charge in [0.25, 0.3) is 0 Å². The summed E-state index contributed by atoms with van der Waals surface area (Å²) in [6, 6.07) is 6.75. The average Bonchev–Trinajstić information content (AvgIpc) is 2.19. The molecule has 0 amide bonds. The van der Waals surface area contributed by atoms with E-state index in [2.05, 4.69) is 31.9 Å². The minimum atomic E-state index is -1.42. The largest absolute Gasteiger partial charge is 0.385 e. The Bertz CT molecular complexity index is 376. The lowest BCUT2D eigenvalue weighted by atomic mass is 10.1. The highest BCUT2D eigenvalue weighted by atomic mass is 79.9. The molecule has 0 aliphatic heterocycles. The van der Waals surface area contributed by atoms with Crippen LogP contribution in [0.15, 0.2) is 27.1 Å². The van der Waals surface area contributed by atoms with Gasteiger partial charge in [-0.15, -0.1) is 0 Å². The van der Waals surface area contributed by atoms with Crippen LogP contribution in [0.2, 0.25) is 0 Å². The Labute approximate surface area is 98.2 Å². The van der Waals surface area contributed by atoms with Gasteiger partial charge in [0.05, 0.1) is 6.07 Å². The molecule has 3 nitrogen and oxygen atoms in total. The van der Waals surface area contributed by atoms with E-state index in [4.69, 9.17) is 10.4 Å². The minimum Gasteiger partial charge on any atom is -0.385 e. The van der Waals surface area contributed by atoms with Crippen molar-refractivity contribution in [2.45, 2.75) is 12.2 Å². The van der Waals surface area contributed by atoms with Gasteiger partial charge in [0.2, 0.25) is 0 Å². The van der Waals surface area contributed by atoms with Crippen LogP contribution in [0.1, 0.15) is 11.7 Å². The molecule has 0 fully saturated rings. The Balaban J connectivity index is 3.07. The number of aliphatic hydroxyl groups excluding tert-OH is 2. The topological polar surface area (TPSA) is 64.2 Å². The maximum atomic E-state index is 9.57. The van der Waals surface area contributed by atoms with Crippen molar-refractivity contribution in [1.29, 1.82) is 5.26 Å². The van der Waals surface area contributed by atoms with E-state index in [-0.39, 0.29) is 0 Å². The zero-order valence-electron chi connectivity index (χ0n) is 6.98. The van der Waals surface area contributed by atoms with E-state index in [1.54, 1.807) is 24.3 Å². The molecule has 1 aromatic carbocycles. The number of rotatable bonds is 2. The molecule has 0 radical (unpaired) electrons. The molecule has 0 spiro atoms. The van der Waals surface area contributed by atoms with E-state index in [0.29, 0.717) is 10.0 Å². The molecule has 2 unspecified atom stereocenters. The summed E-state index contributed by atoms with van der Waals surface area (Å²) in [7, 11) is 0. The number of benzene rings is 1. The van der Waals surface area contributed by atoms with E-state index in [0.717, 1.165) is 4.47 Å². The van der Waals surface area contributed by atoms with Crippen LogP contribution >= 0.6 is 31.9 Å². The van der Waals surface area contributed by atoms with Crippen LogP contribution in [0.25, 0.3) is 0 Å². The quantitative estimate of drug-likeness (QED) is 0.820. The molecule has 2 atom stereocenters. The smallest absolute Gasteiger partial charge is 0.170 e. The molecule has 0 aliphatic carbocycles. The lowest BCUT2D eigenvalue weighted by Gasteiger charge is -2.13. The average molecular weight is 321 g/mol. The van der Waals surface area contributed by atoms with E-state index in [1.165, 1.54) is 0 Å². The second-order valence-corrected chi connectivity index (χ2v) is 4.45. The summed E-state index contributed by atoms with van der Waals surface area (Å²) < 4.78 is 1.43. The Morgan fingerprint density at radius 1 is 1.29 bits per heavy atom. The van der Waals surface area contributed by atoms with Crippen LogP contribution in [-0.2, 0) is 0 Å². The van der Waals surface area contributed by atoms with Crippen molar-refractivity contribution in [3.63, 3.8) is 0 Å². The molecule has 0 aromatic heterocycles. The van der Waals surface area contributed by atoms with Crippen molar-refractivity contribution in [1.82, 2.24) is 0 Å². The van der Waals surface area contributed by atoms with Crippen LogP contribution in [0.4, 0.5) is 0 Å². The van der Waals surface area contributed by atoms with Crippen molar-refractivity contribution in [3.8, 4) is 6.07 Å². The number of hydrogen-bond donors (Lipinski definition) is 2. The normalized spacial score (nSPS) is 14.5. The molecule has 1 rings (SSSR count). The summed E-state index contributed by atoms with van der Waals surface area (Å²) in [5.74, 6) is 0. The summed E-state index contributed by atoms with van der Waals surface area (Å²) >= 11 is 6.47. The first-order valence-corrected chi connectivity index (χ1v) is 5.35.